The summed E-state index contributed by atoms with van der Waals surface area (Å²) in [4.78, 5) is 2.31. The zero-order chi connectivity index (χ0) is 15.8. The number of fused-ring (bicyclic) bond motifs is 2. The molecule has 2 nitrogen and oxygen atoms in total. The fourth-order valence-corrected chi connectivity index (χ4v) is 3.60. The third-order valence-corrected chi connectivity index (χ3v) is 4.81. The molecule has 112 valence electrons. The van der Waals surface area contributed by atoms with Gasteiger partial charge in [-0.2, -0.15) is 0 Å². The van der Waals surface area contributed by atoms with Crippen LogP contribution in [0.1, 0.15) is 0 Å². The summed E-state index contributed by atoms with van der Waals surface area (Å²) < 4.78 is 0. The molecule has 0 fully saturated rings. The van der Waals surface area contributed by atoms with Crippen LogP contribution in [0.15, 0.2) is 82.6 Å². The number of hydrogen-bond acceptors (Lipinski definition) is 3. The van der Waals surface area contributed by atoms with Gasteiger partial charge in [-0.15, -0.1) is 0 Å². The molecule has 0 heterocycles. The average Bonchev–Trinajstić information content (AvgIpc) is 2.55. The lowest BCUT2D eigenvalue weighted by Crippen LogP contribution is -1.78. The van der Waals surface area contributed by atoms with Crippen LogP contribution < -0.4 is 0 Å². The smallest absolute Gasteiger partial charge is 0.116 e. The van der Waals surface area contributed by atoms with E-state index in [0.29, 0.717) is 0 Å². The van der Waals surface area contributed by atoms with Gasteiger partial charge in [0.1, 0.15) is 11.5 Å². The lowest BCUT2D eigenvalue weighted by Gasteiger charge is -2.06. The number of benzene rings is 4. The molecule has 0 amide bonds. The van der Waals surface area contributed by atoms with Crippen molar-refractivity contribution in [3.63, 3.8) is 0 Å². The summed E-state index contributed by atoms with van der Waals surface area (Å²) in [6.07, 6.45) is 0. The first-order valence-corrected chi connectivity index (χ1v) is 8.12. The average molecular weight is 318 g/mol. The van der Waals surface area contributed by atoms with Crippen molar-refractivity contribution in [2.45, 2.75) is 9.79 Å². The minimum absolute atomic E-state index is 0.288. The third-order valence-electron chi connectivity index (χ3n) is 3.83. The Labute approximate surface area is 138 Å². The summed E-state index contributed by atoms with van der Waals surface area (Å²) in [7, 11) is 0. The van der Waals surface area contributed by atoms with Gasteiger partial charge in [0, 0.05) is 9.79 Å². The number of hydrogen-bond donors (Lipinski definition) is 2. The van der Waals surface area contributed by atoms with Gasteiger partial charge in [0.15, 0.2) is 0 Å². The first kappa shape index (κ1) is 14.0. The lowest BCUT2D eigenvalue weighted by molar-refractivity contribution is 0.475. The highest BCUT2D eigenvalue weighted by atomic mass is 32.2. The molecule has 0 saturated carbocycles. The maximum atomic E-state index is 9.53. The lowest BCUT2D eigenvalue weighted by atomic mass is 10.1. The van der Waals surface area contributed by atoms with Gasteiger partial charge in [0.2, 0.25) is 0 Å². The highest BCUT2D eigenvalue weighted by Gasteiger charge is 2.03. The molecule has 0 spiro atoms. The van der Waals surface area contributed by atoms with Crippen molar-refractivity contribution in [1.82, 2.24) is 0 Å². The molecule has 0 aliphatic heterocycles. The molecule has 4 aromatic carbocycles. The van der Waals surface area contributed by atoms with Crippen molar-refractivity contribution in [2.24, 2.45) is 0 Å². The molecule has 23 heavy (non-hydrogen) atoms. The molecule has 0 aliphatic carbocycles. The summed E-state index contributed by atoms with van der Waals surface area (Å²) in [6.45, 7) is 0. The fourth-order valence-electron chi connectivity index (χ4n) is 2.69. The molecular weight excluding hydrogens is 304 g/mol. The van der Waals surface area contributed by atoms with Gasteiger partial charge in [0.05, 0.1) is 0 Å². The summed E-state index contributed by atoms with van der Waals surface area (Å²) in [6, 6.07) is 23.2. The van der Waals surface area contributed by atoms with Crippen molar-refractivity contribution < 1.29 is 10.2 Å². The molecule has 0 saturated heterocycles. The van der Waals surface area contributed by atoms with Crippen LogP contribution in [0.3, 0.4) is 0 Å². The Hall–Kier alpha value is -2.65. The van der Waals surface area contributed by atoms with Gasteiger partial charge in [-0.25, -0.2) is 0 Å². The van der Waals surface area contributed by atoms with Crippen LogP contribution in [-0.2, 0) is 0 Å². The van der Waals surface area contributed by atoms with E-state index in [-0.39, 0.29) is 11.5 Å². The second-order valence-corrected chi connectivity index (χ2v) is 6.64. The van der Waals surface area contributed by atoms with E-state index in [0.717, 1.165) is 31.3 Å². The number of phenolic OH excluding ortho intramolecular Hbond substituents is 2. The summed E-state index contributed by atoms with van der Waals surface area (Å²) in [5.41, 5.74) is 0. The molecule has 0 atom stereocenters. The monoisotopic (exact) mass is 318 g/mol. The Balaban J connectivity index is 1.69. The zero-order valence-electron chi connectivity index (χ0n) is 12.2. The zero-order valence-corrected chi connectivity index (χ0v) is 13.0. The molecular formula is C20H14O2S. The number of rotatable bonds is 2. The summed E-state index contributed by atoms with van der Waals surface area (Å²) in [5.74, 6) is 0.575. The first-order valence-electron chi connectivity index (χ1n) is 7.31. The normalized spacial score (nSPS) is 11.1. The fraction of sp³-hybridized carbons (Fsp3) is 0. The molecule has 0 aliphatic rings. The Bertz CT molecular complexity index is 941. The molecule has 4 rings (SSSR count). The van der Waals surface area contributed by atoms with Crippen LogP contribution in [0, 0.1) is 0 Å². The van der Waals surface area contributed by atoms with E-state index in [1.165, 1.54) is 0 Å². The van der Waals surface area contributed by atoms with Crippen LogP contribution in [0.2, 0.25) is 0 Å². The highest BCUT2D eigenvalue weighted by molar-refractivity contribution is 7.99. The maximum Gasteiger partial charge on any atom is 0.116 e. The van der Waals surface area contributed by atoms with E-state index in [9.17, 15) is 10.2 Å². The van der Waals surface area contributed by atoms with Gasteiger partial charge >= 0.3 is 0 Å². The minimum atomic E-state index is 0.288. The van der Waals surface area contributed by atoms with Crippen LogP contribution >= 0.6 is 11.8 Å². The minimum Gasteiger partial charge on any atom is -0.508 e. The Morgan fingerprint density at radius 3 is 1.35 bits per heavy atom. The molecule has 2 N–H and O–H groups in total. The van der Waals surface area contributed by atoms with E-state index < -0.39 is 0 Å². The van der Waals surface area contributed by atoms with E-state index in [1.807, 2.05) is 24.3 Å². The largest absolute Gasteiger partial charge is 0.508 e. The molecule has 0 aromatic heterocycles. The maximum absolute atomic E-state index is 9.53. The van der Waals surface area contributed by atoms with Crippen LogP contribution in [0.4, 0.5) is 0 Å². The number of phenols is 2. The second-order valence-electron chi connectivity index (χ2n) is 5.49. The highest BCUT2D eigenvalue weighted by Crippen LogP contribution is 2.33. The molecule has 4 aromatic rings. The van der Waals surface area contributed by atoms with Gasteiger partial charge < -0.3 is 10.2 Å². The Morgan fingerprint density at radius 2 is 0.870 bits per heavy atom. The molecule has 3 heteroatoms. The molecule has 0 radical (unpaired) electrons. The quantitative estimate of drug-likeness (QED) is 0.508. The third kappa shape index (κ3) is 2.83. The van der Waals surface area contributed by atoms with E-state index in [2.05, 4.69) is 24.3 Å². The van der Waals surface area contributed by atoms with Gasteiger partial charge in [-0.1, -0.05) is 36.0 Å². The summed E-state index contributed by atoms with van der Waals surface area (Å²) in [5, 5.41) is 23.3. The predicted octanol–water partition coefficient (Wildman–Crippen LogP) is 5.56. The predicted molar refractivity (Wildman–Crippen MR) is 95.3 cm³/mol. The van der Waals surface area contributed by atoms with Gasteiger partial charge in [0.25, 0.3) is 0 Å². The topological polar surface area (TPSA) is 40.5 Å². The van der Waals surface area contributed by atoms with Gasteiger partial charge in [-0.3, -0.25) is 0 Å². The van der Waals surface area contributed by atoms with E-state index in [4.69, 9.17) is 0 Å². The number of aromatic hydroxyl groups is 2. The van der Waals surface area contributed by atoms with Crippen molar-refractivity contribution in [1.29, 1.82) is 0 Å². The molecule has 0 unspecified atom stereocenters. The van der Waals surface area contributed by atoms with Crippen molar-refractivity contribution >= 4 is 33.3 Å². The van der Waals surface area contributed by atoms with Gasteiger partial charge in [-0.05, 0) is 70.1 Å². The van der Waals surface area contributed by atoms with Crippen LogP contribution in [0.5, 0.6) is 11.5 Å². The van der Waals surface area contributed by atoms with Crippen molar-refractivity contribution in [3.8, 4) is 11.5 Å². The Kier molecular flexibility index (Phi) is 3.36. The first-order chi connectivity index (χ1) is 11.2. The second kappa shape index (κ2) is 5.52. The SMILES string of the molecule is Oc1ccc2cc(Sc3ccc4cc(O)ccc4c3)ccc2c1. The summed E-state index contributed by atoms with van der Waals surface area (Å²) >= 11 is 1.70. The standard InChI is InChI=1S/C20H14O2S/c21-17-5-1-15-11-19(7-3-13(15)9-17)23-20-8-4-14-10-18(22)6-2-16(14)12-20/h1-12,21-22H. The molecule has 0 bridgehead atoms. The van der Waals surface area contributed by atoms with Crippen LogP contribution in [-0.4, -0.2) is 10.2 Å². The van der Waals surface area contributed by atoms with Crippen LogP contribution in [0.25, 0.3) is 21.5 Å². The van der Waals surface area contributed by atoms with E-state index >= 15 is 0 Å². The van der Waals surface area contributed by atoms with E-state index in [1.54, 1.807) is 36.0 Å². The van der Waals surface area contributed by atoms with Crippen molar-refractivity contribution in [2.75, 3.05) is 0 Å². The Morgan fingerprint density at radius 1 is 0.478 bits per heavy atom. The van der Waals surface area contributed by atoms with Crippen molar-refractivity contribution in [3.05, 3.63) is 72.8 Å².